The summed E-state index contributed by atoms with van der Waals surface area (Å²) in [5.41, 5.74) is 0. The fourth-order valence-corrected chi connectivity index (χ4v) is 4.06. The first kappa shape index (κ1) is 25.9. The van der Waals surface area contributed by atoms with Crippen LogP contribution in [-0.4, -0.2) is 81.7 Å². The van der Waals surface area contributed by atoms with Crippen molar-refractivity contribution >= 4 is 40.0 Å². The number of sulfonamides is 1. The van der Waals surface area contributed by atoms with Gasteiger partial charge in [-0.05, 0) is 39.2 Å². The van der Waals surface area contributed by atoms with E-state index in [1.165, 1.54) is 23.5 Å². The van der Waals surface area contributed by atoms with Crippen LogP contribution in [-0.2, 0) is 10.0 Å². The molecule has 156 valence electrons. The second-order valence-electron chi connectivity index (χ2n) is 6.63. The van der Waals surface area contributed by atoms with Gasteiger partial charge in [0.15, 0.2) is 5.96 Å². The number of piperidine rings is 1. The predicted molar refractivity (Wildman–Crippen MR) is 121 cm³/mol. The molecule has 0 aromatic rings. The molecule has 0 aliphatic carbocycles. The summed E-state index contributed by atoms with van der Waals surface area (Å²) in [6.45, 7) is 12.1. The zero-order valence-corrected chi connectivity index (χ0v) is 20.0. The van der Waals surface area contributed by atoms with Crippen LogP contribution in [0, 0.1) is 0 Å². The minimum Gasteiger partial charge on any atom is -0.357 e. The van der Waals surface area contributed by atoms with E-state index in [0.29, 0.717) is 25.7 Å². The first-order chi connectivity index (χ1) is 11.9. The van der Waals surface area contributed by atoms with E-state index in [2.05, 4.69) is 34.4 Å². The van der Waals surface area contributed by atoms with Crippen LogP contribution in [0.25, 0.3) is 0 Å². The van der Waals surface area contributed by atoms with Crippen molar-refractivity contribution in [3.8, 4) is 0 Å². The van der Waals surface area contributed by atoms with Gasteiger partial charge in [-0.2, -0.15) is 0 Å². The molecule has 1 fully saturated rings. The zero-order chi connectivity index (χ0) is 18.7. The van der Waals surface area contributed by atoms with Gasteiger partial charge in [-0.1, -0.05) is 13.8 Å². The van der Waals surface area contributed by atoms with Crippen molar-refractivity contribution in [3.63, 3.8) is 0 Å². The molecule has 0 radical (unpaired) electrons. The van der Waals surface area contributed by atoms with Crippen molar-refractivity contribution in [3.05, 3.63) is 0 Å². The Bertz CT molecular complexity index is 493. The summed E-state index contributed by atoms with van der Waals surface area (Å²) in [5.74, 6) is 0.846. The molecular formula is C17H38IN5O2S. The lowest BCUT2D eigenvalue weighted by molar-refractivity contribution is 0.206. The van der Waals surface area contributed by atoms with E-state index in [9.17, 15) is 8.42 Å². The molecule has 9 heteroatoms. The highest BCUT2D eigenvalue weighted by molar-refractivity contribution is 14.0. The Balaban J connectivity index is 0.00000625. The van der Waals surface area contributed by atoms with E-state index in [0.717, 1.165) is 44.9 Å². The molecule has 1 aliphatic rings. The quantitative estimate of drug-likeness (QED) is 0.206. The van der Waals surface area contributed by atoms with Crippen LogP contribution in [0.4, 0.5) is 0 Å². The van der Waals surface area contributed by atoms with Gasteiger partial charge in [-0.25, -0.2) is 12.7 Å². The Morgan fingerprint density at radius 3 is 2.38 bits per heavy atom. The minimum absolute atomic E-state index is 0. The average molecular weight is 503 g/mol. The maximum atomic E-state index is 11.6. The van der Waals surface area contributed by atoms with Gasteiger partial charge in [0.2, 0.25) is 10.0 Å². The Hall–Kier alpha value is -0.130. The van der Waals surface area contributed by atoms with Crippen molar-refractivity contribution in [1.29, 1.82) is 0 Å². The van der Waals surface area contributed by atoms with E-state index in [1.54, 1.807) is 0 Å². The molecule has 1 aliphatic heterocycles. The van der Waals surface area contributed by atoms with Gasteiger partial charge in [-0.15, -0.1) is 24.0 Å². The van der Waals surface area contributed by atoms with Gasteiger partial charge in [0.1, 0.15) is 0 Å². The largest absolute Gasteiger partial charge is 0.357 e. The van der Waals surface area contributed by atoms with E-state index in [4.69, 9.17) is 0 Å². The average Bonchev–Trinajstić information content (AvgIpc) is 2.55. The lowest BCUT2D eigenvalue weighted by Gasteiger charge is -2.32. The zero-order valence-electron chi connectivity index (χ0n) is 16.8. The van der Waals surface area contributed by atoms with E-state index < -0.39 is 10.0 Å². The number of rotatable bonds is 10. The molecule has 0 aromatic heterocycles. The maximum Gasteiger partial charge on any atom is 0.211 e. The summed E-state index contributed by atoms with van der Waals surface area (Å²) in [6.07, 6.45) is 5.48. The van der Waals surface area contributed by atoms with Gasteiger partial charge < -0.3 is 15.5 Å². The van der Waals surface area contributed by atoms with Crippen LogP contribution in [0.3, 0.4) is 0 Å². The fraction of sp³-hybridized carbons (Fsp3) is 0.941. The Morgan fingerprint density at radius 2 is 1.88 bits per heavy atom. The molecule has 26 heavy (non-hydrogen) atoms. The minimum atomic E-state index is -3.11. The number of halogens is 1. The van der Waals surface area contributed by atoms with E-state index in [-0.39, 0.29) is 24.0 Å². The highest BCUT2D eigenvalue weighted by Gasteiger charge is 2.19. The number of hydrogen-bond acceptors (Lipinski definition) is 4. The van der Waals surface area contributed by atoms with Crippen molar-refractivity contribution in [1.82, 2.24) is 19.8 Å². The van der Waals surface area contributed by atoms with Crippen LogP contribution in [0.15, 0.2) is 4.99 Å². The smallest absolute Gasteiger partial charge is 0.211 e. The van der Waals surface area contributed by atoms with Gasteiger partial charge in [-0.3, -0.25) is 4.99 Å². The third-order valence-corrected chi connectivity index (χ3v) is 5.85. The molecular weight excluding hydrogens is 465 g/mol. The van der Waals surface area contributed by atoms with Crippen molar-refractivity contribution in [2.45, 2.75) is 52.5 Å². The Kier molecular flexibility index (Phi) is 13.9. The molecule has 1 saturated heterocycles. The second-order valence-corrected chi connectivity index (χ2v) is 8.61. The van der Waals surface area contributed by atoms with Crippen molar-refractivity contribution < 1.29 is 8.42 Å². The normalized spacial score (nSPS) is 17.2. The first-order valence-corrected chi connectivity index (χ1v) is 11.5. The highest BCUT2D eigenvalue weighted by Crippen LogP contribution is 2.10. The van der Waals surface area contributed by atoms with E-state index in [1.807, 2.05) is 6.92 Å². The highest BCUT2D eigenvalue weighted by atomic mass is 127. The Labute approximate surface area is 177 Å². The number of guanidine groups is 1. The first-order valence-electron chi connectivity index (χ1n) is 9.63. The topological polar surface area (TPSA) is 77.0 Å². The standard InChI is InChI=1S/C17H37N5O2S.HI/c1-5-12-21-14-9-16(10-15-21)20-17(18-6-2)19-11-8-13-22(7-3)25(4,23)24;/h16H,5-15H2,1-4H3,(H2,18,19,20);1H. The number of nitrogens with zero attached hydrogens (tertiary/aromatic N) is 3. The molecule has 0 spiro atoms. The molecule has 7 nitrogen and oxygen atoms in total. The van der Waals surface area contributed by atoms with Crippen molar-refractivity contribution in [2.75, 3.05) is 52.1 Å². The van der Waals surface area contributed by atoms with Gasteiger partial charge in [0.25, 0.3) is 0 Å². The molecule has 2 N–H and O–H groups in total. The summed E-state index contributed by atoms with van der Waals surface area (Å²) in [4.78, 5) is 7.13. The van der Waals surface area contributed by atoms with Gasteiger partial charge >= 0.3 is 0 Å². The molecule has 1 rings (SSSR count). The number of aliphatic imine (C=N–C) groups is 1. The molecule has 0 unspecified atom stereocenters. The molecule has 1 heterocycles. The summed E-state index contributed by atoms with van der Waals surface area (Å²) in [6, 6.07) is 0.467. The SMILES string of the molecule is CCCN1CCC(NC(=NCCCN(CC)S(C)(=O)=O)NCC)CC1.I. The number of nitrogens with one attached hydrogen (secondary N) is 2. The second kappa shape index (κ2) is 14.0. The third kappa shape index (κ3) is 10.3. The monoisotopic (exact) mass is 503 g/mol. The summed E-state index contributed by atoms with van der Waals surface area (Å²) in [7, 11) is -3.11. The van der Waals surface area contributed by atoms with E-state index >= 15 is 0 Å². The molecule has 0 saturated carbocycles. The summed E-state index contributed by atoms with van der Waals surface area (Å²) in [5, 5.41) is 6.82. The predicted octanol–water partition coefficient (Wildman–Crippen LogP) is 1.71. The van der Waals surface area contributed by atoms with Crippen LogP contribution in [0.1, 0.15) is 46.5 Å². The third-order valence-electron chi connectivity index (χ3n) is 4.47. The number of hydrogen-bond donors (Lipinski definition) is 2. The van der Waals surface area contributed by atoms with Crippen LogP contribution in [0.5, 0.6) is 0 Å². The van der Waals surface area contributed by atoms with Crippen LogP contribution in [0.2, 0.25) is 0 Å². The van der Waals surface area contributed by atoms with Crippen molar-refractivity contribution in [2.24, 2.45) is 4.99 Å². The molecule has 0 bridgehead atoms. The molecule has 0 aromatic carbocycles. The van der Waals surface area contributed by atoms with Crippen LogP contribution >= 0.6 is 24.0 Å². The van der Waals surface area contributed by atoms with Gasteiger partial charge in [0.05, 0.1) is 6.26 Å². The molecule has 0 amide bonds. The fourth-order valence-electron chi connectivity index (χ4n) is 3.13. The maximum absolute atomic E-state index is 11.6. The lowest BCUT2D eigenvalue weighted by Crippen LogP contribution is -2.48. The summed E-state index contributed by atoms with van der Waals surface area (Å²) >= 11 is 0. The number of likely N-dealkylation sites (tertiary alicyclic amines) is 1. The van der Waals surface area contributed by atoms with Crippen LogP contribution < -0.4 is 10.6 Å². The Morgan fingerprint density at radius 1 is 1.23 bits per heavy atom. The lowest BCUT2D eigenvalue weighted by atomic mass is 10.1. The summed E-state index contributed by atoms with van der Waals surface area (Å²) < 4.78 is 24.7. The molecule has 0 atom stereocenters. The van der Waals surface area contributed by atoms with Gasteiger partial charge in [0, 0.05) is 45.3 Å².